The third-order valence-electron chi connectivity index (χ3n) is 4.17. The predicted molar refractivity (Wildman–Crippen MR) is 79.9 cm³/mol. The molecule has 0 saturated heterocycles. The van der Waals surface area contributed by atoms with Crippen molar-refractivity contribution in [2.75, 3.05) is 6.54 Å². The molecule has 5 heteroatoms. The third kappa shape index (κ3) is 3.74. The van der Waals surface area contributed by atoms with Gasteiger partial charge in [0.25, 0.3) is 0 Å². The molecule has 0 bridgehead atoms. The second-order valence-corrected chi connectivity index (χ2v) is 5.78. The molecule has 1 aliphatic carbocycles. The Balaban J connectivity index is 1.99. The molecule has 0 radical (unpaired) electrons. The Bertz CT molecular complexity index is 498. The second-order valence-electron chi connectivity index (χ2n) is 5.78. The van der Waals surface area contributed by atoms with Crippen molar-refractivity contribution in [1.82, 2.24) is 10.6 Å². The largest absolute Gasteiger partial charge is 0.479 e. The van der Waals surface area contributed by atoms with Gasteiger partial charge < -0.3 is 15.7 Å². The predicted octanol–water partition coefficient (Wildman–Crippen LogP) is 2.48. The molecule has 1 fully saturated rings. The number of hydrogen-bond acceptors (Lipinski definition) is 2. The molecule has 0 spiro atoms. The minimum absolute atomic E-state index is 0.435. The average molecular weight is 290 g/mol. The topological polar surface area (TPSA) is 78.4 Å². The summed E-state index contributed by atoms with van der Waals surface area (Å²) in [7, 11) is 0. The number of aliphatic carboxylic acids is 1. The number of benzene rings is 1. The van der Waals surface area contributed by atoms with E-state index < -0.39 is 17.5 Å². The number of nitrogens with one attached hydrogen (secondary N) is 2. The summed E-state index contributed by atoms with van der Waals surface area (Å²) in [6.45, 7) is 2.11. The molecule has 0 heterocycles. The standard InChI is InChI=1S/C16H22N2O3/c1-16(14(19)20,13-9-3-2-4-10-13)18-15(21)17-11-12-7-5-6-8-12/h2-4,9-10,12H,5-8,11H2,1H3,(H,19,20)(H2,17,18,21). The zero-order valence-corrected chi connectivity index (χ0v) is 12.3. The minimum atomic E-state index is -1.43. The maximum absolute atomic E-state index is 12.0. The summed E-state index contributed by atoms with van der Waals surface area (Å²) >= 11 is 0. The van der Waals surface area contributed by atoms with E-state index in [2.05, 4.69) is 10.6 Å². The van der Waals surface area contributed by atoms with E-state index in [4.69, 9.17) is 0 Å². The van der Waals surface area contributed by atoms with Gasteiger partial charge >= 0.3 is 12.0 Å². The van der Waals surface area contributed by atoms with E-state index >= 15 is 0 Å². The monoisotopic (exact) mass is 290 g/mol. The summed E-state index contributed by atoms with van der Waals surface area (Å²) < 4.78 is 0. The summed E-state index contributed by atoms with van der Waals surface area (Å²) in [5.74, 6) is -0.562. The van der Waals surface area contributed by atoms with E-state index in [1.54, 1.807) is 24.3 Å². The summed E-state index contributed by atoms with van der Waals surface area (Å²) in [4.78, 5) is 23.6. The molecule has 3 N–H and O–H groups in total. The highest BCUT2D eigenvalue weighted by atomic mass is 16.4. The summed E-state index contributed by atoms with van der Waals surface area (Å²) in [6.07, 6.45) is 4.69. The minimum Gasteiger partial charge on any atom is -0.479 e. The van der Waals surface area contributed by atoms with Crippen LogP contribution < -0.4 is 10.6 Å². The first-order valence-electron chi connectivity index (χ1n) is 7.37. The van der Waals surface area contributed by atoms with Gasteiger partial charge in [0.15, 0.2) is 5.54 Å². The summed E-state index contributed by atoms with van der Waals surface area (Å²) in [6, 6.07) is 8.29. The number of hydrogen-bond donors (Lipinski definition) is 3. The van der Waals surface area contributed by atoms with E-state index in [9.17, 15) is 14.7 Å². The molecular weight excluding hydrogens is 268 g/mol. The molecular formula is C16H22N2O3. The van der Waals surface area contributed by atoms with E-state index in [1.807, 2.05) is 6.07 Å². The van der Waals surface area contributed by atoms with Crippen LogP contribution in [-0.4, -0.2) is 23.7 Å². The highest BCUT2D eigenvalue weighted by Gasteiger charge is 2.36. The molecule has 0 aromatic heterocycles. The van der Waals surface area contributed by atoms with Gasteiger partial charge in [-0.2, -0.15) is 0 Å². The van der Waals surface area contributed by atoms with Gasteiger partial charge in [0.1, 0.15) is 0 Å². The Kier molecular flexibility index (Phi) is 4.83. The van der Waals surface area contributed by atoms with Crippen LogP contribution in [0.3, 0.4) is 0 Å². The fourth-order valence-electron chi connectivity index (χ4n) is 2.74. The molecule has 1 aromatic rings. The Hall–Kier alpha value is -2.04. The van der Waals surface area contributed by atoms with Gasteiger partial charge in [0.05, 0.1) is 0 Å². The van der Waals surface area contributed by atoms with Crippen LogP contribution in [-0.2, 0) is 10.3 Å². The van der Waals surface area contributed by atoms with Crippen LogP contribution in [0.4, 0.5) is 4.79 Å². The van der Waals surface area contributed by atoms with Crippen LogP contribution >= 0.6 is 0 Å². The quantitative estimate of drug-likeness (QED) is 0.779. The summed E-state index contributed by atoms with van der Waals surface area (Å²) in [5.41, 5.74) is -0.880. The van der Waals surface area contributed by atoms with Crippen LogP contribution in [0.5, 0.6) is 0 Å². The first-order valence-corrected chi connectivity index (χ1v) is 7.37. The van der Waals surface area contributed by atoms with Gasteiger partial charge in [-0.05, 0) is 31.2 Å². The lowest BCUT2D eigenvalue weighted by Crippen LogP contribution is -2.53. The first-order chi connectivity index (χ1) is 10.0. The molecule has 1 aromatic carbocycles. The lowest BCUT2D eigenvalue weighted by molar-refractivity contribution is -0.144. The van der Waals surface area contributed by atoms with Crippen molar-refractivity contribution in [3.05, 3.63) is 35.9 Å². The maximum atomic E-state index is 12.0. The lowest BCUT2D eigenvalue weighted by atomic mass is 9.92. The number of carbonyl (C=O) groups is 2. The normalized spacial score (nSPS) is 18.0. The lowest BCUT2D eigenvalue weighted by Gasteiger charge is -2.27. The van der Waals surface area contributed by atoms with Crippen molar-refractivity contribution in [2.45, 2.75) is 38.1 Å². The molecule has 21 heavy (non-hydrogen) atoms. The number of carboxylic acids is 1. The van der Waals surface area contributed by atoms with Gasteiger partial charge in [0.2, 0.25) is 0 Å². The fraction of sp³-hybridized carbons (Fsp3) is 0.500. The molecule has 1 atom stereocenters. The van der Waals surface area contributed by atoms with Crippen molar-refractivity contribution >= 4 is 12.0 Å². The smallest absolute Gasteiger partial charge is 0.333 e. The van der Waals surface area contributed by atoms with Gasteiger partial charge in [0, 0.05) is 6.54 Å². The van der Waals surface area contributed by atoms with Crippen LogP contribution in [0, 0.1) is 5.92 Å². The van der Waals surface area contributed by atoms with Gasteiger partial charge in [-0.15, -0.1) is 0 Å². The zero-order valence-electron chi connectivity index (χ0n) is 12.3. The van der Waals surface area contributed by atoms with Gasteiger partial charge in [-0.25, -0.2) is 9.59 Å². The highest BCUT2D eigenvalue weighted by Crippen LogP contribution is 2.24. The van der Waals surface area contributed by atoms with Crippen molar-refractivity contribution in [1.29, 1.82) is 0 Å². The second kappa shape index (κ2) is 6.61. The molecule has 1 aliphatic rings. The SMILES string of the molecule is CC(NC(=O)NCC1CCCC1)(C(=O)O)c1ccccc1. The Morgan fingerprint density at radius 2 is 1.86 bits per heavy atom. The Labute approximate surface area is 124 Å². The summed E-state index contributed by atoms with van der Waals surface area (Å²) in [5, 5.41) is 14.8. The molecule has 2 rings (SSSR count). The van der Waals surface area contributed by atoms with E-state index in [-0.39, 0.29) is 0 Å². The highest BCUT2D eigenvalue weighted by molar-refractivity contribution is 5.87. The number of carboxylic acid groups (broad SMARTS) is 1. The average Bonchev–Trinajstić information content (AvgIpc) is 2.99. The van der Waals surface area contributed by atoms with Crippen LogP contribution in [0.1, 0.15) is 38.2 Å². The number of carbonyl (C=O) groups excluding carboxylic acids is 1. The van der Waals surface area contributed by atoms with E-state index in [0.717, 1.165) is 12.8 Å². The molecule has 2 amide bonds. The molecule has 0 aliphatic heterocycles. The molecule has 1 saturated carbocycles. The van der Waals surface area contributed by atoms with E-state index in [0.29, 0.717) is 18.0 Å². The van der Waals surface area contributed by atoms with Crippen LogP contribution in [0.15, 0.2) is 30.3 Å². The number of amides is 2. The molecule has 1 unspecified atom stereocenters. The van der Waals surface area contributed by atoms with Crippen molar-refractivity contribution in [3.63, 3.8) is 0 Å². The van der Waals surface area contributed by atoms with Crippen LogP contribution in [0.2, 0.25) is 0 Å². The third-order valence-corrected chi connectivity index (χ3v) is 4.17. The Morgan fingerprint density at radius 3 is 2.43 bits per heavy atom. The van der Waals surface area contributed by atoms with Crippen LogP contribution in [0.25, 0.3) is 0 Å². The maximum Gasteiger partial charge on any atom is 0.333 e. The zero-order chi connectivity index (χ0) is 15.3. The van der Waals surface area contributed by atoms with Gasteiger partial charge in [-0.3, -0.25) is 0 Å². The van der Waals surface area contributed by atoms with Gasteiger partial charge in [-0.1, -0.05) is 43.2 Å². The number of urea groups is 1. The fourth-order valence-corrected chi connectivity index (χ4v) is 2.74. The molecule has 5 nitrogen and oxygen atoms in total. The Morgan fingerprint density at radius 1 is 1.24 bits per heavy atom. The van der Waals surface area contributed by atoms with Crippen molar-refractivity contribution < 1.29 is 14.7 Å². The first kappa shape index (κ1) is 15.4. The molecule has 114 valence electrons. The van der Waals surface area contributed by atoms with E-state index in [1.165, 1.54) is 19.8 Å². The van der Waals surface area contributed by atoms with Crippen molar-refractivity contribution in [2.24, 2.45) is 5.92 Å². The van der Waals surface area contributed by atoms with Crippen molar-refractivity contribution in [3.8, 4) is 0 Å². The number of rotatable bonds is 5.